The smallest absolute Gasteiger partial charge is 0.222 e. The number of aromatic hydroxyl groups is 2. The Balaban J connectivity index is 1.77. The van der Waals surface area contributed by atoms with Crippen molar-refractivity contribution in [1.82, 2.24) is 9.80 Å². The lowest BCUT2D eigenvalue weighted by molar-refractivity contribution is -0.128. The highest BCUT2D eigenvalue weighted by atomic mass is 16.3. The van der Waals surface area contributed by atoms with Crippen molar-refractivity contribution < 1.29 is 24.6 Å². The summed E-state index contributed by atoms with van der Waals surface area (Å²) in [7, 11) is 0. The van der Waals surface area contributed by atoms with Gasteiger partial charge in [-0.25, -0.2) is 0 Å². The Hall–Kier alpha value is -3.35. The number of phenols is 2. The van der Waals surface area contributed by atoms with Gasteiger partial charge in [-0.3, -0.25) is 14.4 Å². The Labute approximate surface area is 174 Å². The molecule has 30 heavy (non-hydrogen) atoms. The number of phenolic OH excluding ortho intramolecular Hbond substituents is 2. The lowest BCUT2D eigenvalue weighted by Gasteiger charge is -2.22. The van der Waals surface area contributed by atoms with Gasteiger partial charge < -0.3 is 20.0 Å². The number of hydrogen-bond acceptors (Lipinski definition) is 5. The fourth-order valence-electron chi connectivity index (χ4n) is 4.11. The number of nitrogens with zero attached hydrogens (tertiary/aromatic N) is 2. The zero-order valence-electron chi connectivity index (χ0n) is 16.6. The maximum atomic E-state index is 13.1. The van der Waals surface area contributed by atoms with Gasteiger partial charge in [0.05, 0.1) is 17.7 Å². The van der Waals surface area contributed by atoms with Crippen LogP contribution in [0, 0.1) is 0 Å². The first kappa shape index (κ1) is 19.9. The zero-order valence-corrected chi connectivity index (χ0v) is 16.6. The number of carbonyl (C=O) groups excluding carboxylic acids is 3. The second-order valence-corrected chi connectivity index (χ2v) is 7.79. The van der Waals surface area contributed by atoms with Crippen molar-refractivity contribution in [3.63, 3.8) is 0 Å². The number of rotatable bonds is 6. The van der Waals surface area contributed by atoms with E-state index in [1.165, 1.54) is 6.07 Å². The topological polar surface area (TPSA) is 98.2 Å². The number of amides is 2. The highest BCUT2D eigenvalue weighted by Gasteiger charge is 2.29. The molecule has 156 valence electrons. The van der Waals surface area contributed by atoms with E-state index in [0.29, 0.717) is 37.1 Å². The standard InChI is InChI=1S/C23H24N2O5/c26-19-8-4-10-24(19)13-16-12-17(21(28)15-6-2-1-3-7-15)23(30)18(22(16)29)14-25-11-5-9-20(25)27/h1-3,6-7,12,29-30H,4-5,8-11,13-14H2. The van der Waals surface area contributed by atoms with Crippen LogP contribution in [0.1, 0.15) is 52.7 Å². The molecule has 2 saturated heterocycles. The molecule has 2 fully saturated rings. The summed E-state index contributed by atoms with van der Waals surface area (Å²) in [6.45, 7) is 1.30. The van der Waals surface area contributed by atoms with Gasteiger partial charge in [-0.2, -0.15) is 0 Å². The summed E-state index contributed by atoms with van der Waals surface area (Å²) in [5.74, 6) is -0.926. The van der Waals surface area contributed by atoms with Crippen LogP contribution in [0.3, 0.4) is 0 Å². The fraction of sp³-hybridized carbons (Fsp3) is 0.348. The summed E-state index contributed by atoms with van der Waals surface area (Å²) < 4.78 is 0. The summed E-state index contributed by atoms with van der Waals surface area (Å²) in [5.41, 5.74) is 1.00. The first-order chi connectivity index (χ1) is 14.5. The predicted octanol–water partition coefficient (Wildman–Crippen LogP) is 2.57. The van der Waals surface area contributed by atoms with Crippen molar-refractivity contribution in [3.05, 3.63) is 58.7 Å². The highest BCUT2D eigenvalue weighted by Crippen LogP contribution is 2.38. The summed E-state index contributed by atoms with van der Waals surface area (Å²) >= 11 is 0. The molecule has 0 bridgehead atoms. The largest absolute Gasteiger partial charge is 0.507 e. The number of ketones is 1. The molecule has 2 heterocycles. The van der Waals surface area contributed by atoms with Crippen LogP contribution >= 0.6 is 0 Å². The Morgan fingerprint density at radius 1 is 0.867 bits per heavy atom. The highest BCUT2D eigenvalue weighted by molar-refractivity contribution is 6.11. The Morgan fingerprint density at radius 2 is 1.47 bits per heavy atom. The second-order valence-electron chi connectivity index (χ2n) is 7.79. The van der Waals surface area contributed by atoms with E-state index in [-0.39, 0.29) is 53.3 Å². The lowest BCUT2D eigenvalue weighted by Crippen LogP contribution is -2.26. The maximum absolute atomic E-state index is 13.1. The van der Waals surface area contributed by atoms with Crippen molar-refractivity contribution in [3.8, 4) is 11.5 Å². The van der Waals surface area contributed by atoms with Gasteiger partial charge >= 0.3 is 0 Å². The molecule has 7 nitrogen and oxygen atoms in total. The minimum absolute atomic E-state index is 0.00492. The number of likely N-dealkylation sites (tertiary alicyclic amines) is 2. The van der Waals surface area contributed by atoms with Crippen molar-refractivity contribution in [2.24, 2.45) is 0 Å². The third kappa shape index (κ3) is 3.75. The number of hydrogen-bond donors (Lipinski definition) is 2. The van der Waals surface area contributed by atoms with Crippen LogP contribution in [-0.4, -0.2) is 50.7 Å². The first-order valence-corrected chi connectivity index (χ1v) is 10.2. The minimum Gasteiger partial charge on any atom is -0.507 e. The van der Waals surface area contributed by atoms with Crippen molar-refractivity contribution in [2.45, 2.75) is 38.8 Å². The van der Waals surface area contributed by atoms with Gasteiger partial charge in [0.1, 0.15) is 11.5 Å². The molecule has 0 unspecified atom stereocenters. The summed E-state index contributed by atoms with van der Waals surface area (Å²) in [6.07, 6.45) is 2.36. The molecule has 2 aliphatic heterocycles. The predicted molar refractivity (Wildman–Crippen MR) is 109 cm³/mol. The average Bonchev–Trinajstić information content (AvgIpc) is 3.35. The molecule has 0 aromatic heterocycles. The SMILES string of the molecule is O=C(c1ccccc1)c1cc(CN2CCCC2=O)c(O)c(CN2CCCC2=O)c1O. The van der Waals surface area contributed by atoms with Crippen LogP contribution in [0.25, 0.3) is 0 Å². The molecule has 4 rings (SSSR count). The molecule has 0 atom stereocenters. The molecule has 2 N–H and O–H groups in total. The normalized spacial score (nSPS) is 16.5. The molecular formula is C23H24N2O5. The lowest BCUT2D eigenvalue weighted by atomic mass is 9.95. The molecule has 2 aliphatic rings. The third-order valence-electron chi connectivity index (χ3n) is 5.78. The van der Waals surface area contributed by atoms with Crippen molar-refractivity contribution >= 4 is 17.6 Å². The van der Waals surface area contributed by atoms with Gasteiger partial charge in [0.25, 0.3) is 0 Å². The van der Waals surface area contributed by atoms with Crippen LogP contribution in [0.15, 0.2) is 36.4 Å². The fourth-order valence-corrected chi connectivity index (χ4v) is 4.11. The Morgan fingerprint density at radius 3 is 2.03 bits per heavy atom. The van der Waals surface area contributed by atoms with E-state index in [9.17, 15) is 24.6 Å². The Bertz CT molecular complexity index is 1000. The molecule has 0 saturated carbocycles. The molecule has 2 aromatic carbocycles. The summed E-state index contributed by atoms with van der Waals surface area (Å²) in [4.78, 5) is 40.5. The molecule has 2 aromatic rings. The molecule has 0 radical (unpaired) electrons. The van der Waals surface area contributed by atoms with Crippen LogP contribution in [0.2, 0.25) is 0 Å². The van der Waals surface area contributed by atoms with E-state index in [2.05, 4.69) is 0 Å². The van der Waals surface area contributed by atoms with Crippen LogP contribution in [0.4, 0.5) is 0 Å². The van der Waals surface area contributed by atoms with E-state index in [0.717, 1.165) is 12.8 Å². The summed E-state index contributed by atoms with van der Waals surface area (Å²) in [6, 6.07) is 10.0. The van der Waals surface area contributed by atoms with Gasteiger partial charge in [-0.1, -0.05) is 30.3 Å². The van der Waals surface area contributed by atoms with E-state index >= 15 is 0 Å². The van der Waals surface area contributed by atoms with Crippen LogP contribution in [0.5, 0.6) is 11.5 Å². The van der Waals surface area contributed by atoms with E-state index < -0.39 is 0 Å². The zero-order chi connectivity index (χ0) is 21.3. The van der Waals surface area contributed by atoms with Crippen LogP contribution in [-0.2, 0) is 22.7 Å². The van der Waals surface area contributed by atoms with Gasteiger partial charge in [0, 0.05) is 43.6 Å². The molecular weight excluding hydrogens is 384 g/mol. The van der Waals surface area contributed by atoms with E-state index in [1.54, 1.807) is 40.1 Å². The molecule has 2 amide bonds. The first-order valence-electron chi connectivity index (χ1n) is 10.2. The minimum atomic E-state index is -0.379. The third-order valence-corrected chi connectivity index (χ3v) is 5.78. The number of benzene rings is 2. The van der Waals surface area contributed by atoms with Gasteiger partial charge in [0.2, 0.25) is 11.8 Å². The molecule has 0 aliphatic carbocycles. The van der Waals surface area contributed by atoms with Gasteiger partial charge in [-0.05, 0) is 18.9 Å². The average molecular weight is 408 g/mol. The summed E-state index contributed by atoms with van der Waals surface area (Å²) in [5, 5.41) is 21.8. The quantitative estimate of drug-likeness (QED) is 0.716. The van der Waals surface area contributed by atoms with Crippen molar-refractivity contribution in [1.29, 1.82) is 0 Å². The van der Waals surface area contributed by atoms with Gasteiger partial charge in [-0.15, -0.1) is 0 Å². The van der Waals surface area contributed by atoms with E-state index in [4.69, 9.17) is 0 Å². The van der Waals surface area contributed by atoms with Gasteiger partial charge in [0.15, 0.2) is 5.78 Å². The molecule has 7 heteroatoms. The maximum Gasteiger partial charge on any atom is 0.222 e. The number of carbonyl (C=O) groups is 3. The van der Waals surface area contributed by atoms with E-state index in [1.807, 2.05) is 0 Å². The molecule has 0 spiro atoms. The monoisotopic (exact) mass is 408 g/mol. The second kappa shape index (κ2) is 8.18. The Kier molecular flexibility index (Phi) is 5.44. The van der Waals surface area contributed by atoms with Crippen molar-refractivity contribution in [2.75, 3.05) is 13.1 Å². The van der Waals surface area contributed by atoms with Crippen LogP contribution < -0.4 is 0 Å².